The molecule has 0 spiro atoms. The molecule has 0 aliphatic heterocycles. The van der Waals surface area contributed by atoms with E-state index in [9.17, 15) is 13.2 Å². The Morgan fingerprint density at radius 2 is 2.05 bits per heavy atom. The van der Waals surface area contributed by atoms with Crippen molar-refractivity contribution in [3.63, 3.8) is 0 Å². The molecule has 1 heterocycles. The molecule has 116 valence electrons. The second kappa shape index (κ2) is 6.25. The summed E-state index contributed by atoms with van der Waals surface area (Å²) in [4.78, 5) is 15.3. The van der Waals surface area contributed by atoms with Gasteiger partial charge in [-0.1, -0.05) is 12.1 Å². The van der Waals surface area contributed by atoms with Gasteiger partial charge in [0, 0.05) is 24.0 Å². The third kappa shape index (κ3) is 3.49. The summed E-state index contributed by atoms with van der Waals surface area (Å²) in [5.41, 5.74) is 6.82. The van der Waals surface area contributed by atoms with E-state index in [0.717, 1.165) is 5.56 Å². The molecule has 1 unspecified atom stereocenters. The number of primary amides is 1. The first-order valence-electron chi connectivity index (χ1n) is 6.64. The largest absolute Gasteiger partial charge is 0.366 e. The van der Waals surface area contributed by atoms with Crippen molar-refractivity contribution in [2.75, 3.05) is 0 Å². The van der Waals surface area contributed by atoms with Crippen molar-refractivity contribution in [1.29, 1.82) is 0 Å². The summed E-state index contributed by atoms with van der Waals surface area (Å²) in [6, 6.07) is 7.36. The van der Waals surface area contributed by atoms with E-state index in [1.54, 1.807) is 44.4 Å². The fraction of sp³-hybridized carbons (Fsp3) is 0.200. The van der Waals surface area contributed by atoms with E-state index in [4.69, 9.17) is 5.73 Å². The lowest BCUT2D eigenvalue weighted by molar-refractivity contribution is 0.0999. The number of pyridine rings is 1. The molecular weight excluding hydrogens is 302 g/mol. The summed E-state index contributed by atoms with van der Waals surface area (Å²) in [5.74, 6) is -0.658. The number of nitrogens with zero attached hydrogens (tertiary/aromatic N) is 1. The Morgan fingerprint density at radius 1 is 1.32 bits per heavy atom. The van der Waals surface area contributed by atoms with Crippen molar-refractivity contribution < 1.29 is 13.2 Å². The molecule has 1 aromatic carbocycles. The molecule has 1 atom stereocenters. The van der Waals surface area contributed by atoms with Crippen LogP contribution in [0.15, 0.2) is 47.6 Å². The minimum Gasteiger partial charge on any atom is -0.366 e. The van der Waals surface area contributed by atoms with Crippen LogP contribution in [0.25, 0.3) is 0 Å². The van der Waals surface area contributed by atoms with Gasteiger partial charge >= 0.3 is 0 Å². The predicted molar refractivity (Wildman–Crippen MR) is 82.7 cm³/mol. The lowest BCUT2D eigenvalue weighted by Crippen LogP contribution is -2.27. The summed E-state index contributed by atoms with van der Waals surface area (Å²) in [6.45, 7) is 3.42. The van der Waals surface area contributed by atoms with Gasteiger partial charge in [0.05, 0.1) is 4.90 Å². The van der Waals surface area contributed by atoms with E-state index < -0.39 is 22.0 Å². The molecule has 0 aliphatic carbocycles. The zero-order valence-electron chi connectivity index (χ0n) is 12.3. The van der Waals surface area contributed by atoms with Crippen molar-refractivity contribution >= 4 is 15.9 Å². The molecule has 3 N–H and O–H groups in total. The molecule has 7 heteroatoms. The number of rotatable bonds is 5. The van der Waals surface area contributed by atoms with Crippen LogP contribution in [0.2, 0.25) is 0 Å². The first kappa shape index (κ1) is 16.1. The molecule has 2 aromatic rings. The smallest absolute Gasteiger partial charge is 0.249 e. The highest BCUT2D eigenvalue weighted by Gasteiger charge is 2.20. The Bertz CT molecular complexity index is 789. The van der Waals surface area contributed by atoms with Gasteiger partial charge in [0.15, 0.2) is 0 Å². The minimum atomic E-state index is -3.77. The number of sulfonamides is 1. The third-order valence-corrected chi connectivity index (χ3v) is 4.84. The zero-order chi connectivity index (χ0) is 16.3. The number of amides is 1. The molecule has 6 nitrogen and oxygen atoms in total. The molecule has 0 saturated carbocycles. The van der Waals surface area contributed by atoms with E-state index in [-0.39, 0.29) is 10.5 Å². The lowest BCUT2D eigenvalue weighted by Gasteiger charge is -2.15. The van der Waals surface area contributed by atoms with Gasteiger partial charge < -0.3 is 5.73 Å². The molecule has 0 aliphatic rings. The van der Waals surface area contributed by atoms with Crippen molar-refractivity contribution in [2.24, 2.45) is 5.73 Å². The monoisotopic (exact) mass is 319 g/mol. The van der Waals surface area contributed by atoms with Crippen LogP contribution in [0.4, 0.5) is 0 Å². The Hall–Kier alpha value is -2.25. The number of hydrogen-bond donors (Lipinski definition) is 2. The van der Waals surface area contributed by atoms with E-state index >= 15 is 0 Å². The van der Waals surface area contributed by atoms with Crippen LogP contribution >= 0.6 is 0 Å². The summed E-state index contributed by atoms with van der Waals surface area (Å²) >= 11 is 0. The first-order valence-corrected chi connectivity index (χ1v) is 8.12. The highest BCUT2D eigenvalue weighted by atomic mass is 32.2. The quantitative estimate of drug-likeness (QED) is 0.872. The fourth-order valence-electron chi connectivity index (χ4n) is 2.03. The number of carbonyl (C=O) groups is 1. The van der Waals surface area contributed by atoms with Crippen LogP contribution in [-0.2, 0) is 10.0 Å². The highest BCUT2D eigenvalue weighted by Crippen LogP contribution is 2.18. The second-order valence-electron chi connectivity index (χ2n) is 4.97. The maximum Gasteiger partial charge on any atom is 0.249 e. The first-order chi connectivity index (χ1) is 10.3. The zero-order valence-corrected chi connectivity index (χ0v) is 13.1. The topological polar surface area (TPSA) is 102 Å². The number of benzene rings is 1. The average Bonchev–Trinajstić information content (AvgIpc) is 2.47. The van der Waals surface area contributed by atoms with Gasteiger partial charge in [-0.25, -0.2) is 13.1 Å². The number of nitrogens with one attached hydrogen (secondary N) is 1. The summed E-state index contributed by atoms with van der Waals surface area (Å²) < 4.78 is 27.4. The molecule has 0 saturated heterocycles. The van der Waals surface area contributed by atoms with Gasteiger partial charge in [0.25, 0.3) is 0 Å². The Labute approximate surface area is 129 Å². The van der Waals surface area contributed by atoms with Crippen LogP contribution in [0.3, 0.4) is 0 Å². The molecule has 0 bridgehead atoms. The van der Waals surface area contributed by atoms with Crippen molar-refractivity contribution in [3.8, 4) is 0 Å². The fourth-order valence-corrected chi connectivity index (χ4v) is 3.29. The van der Waals surface area contributed by atoms with E-state index in [0.29, 0.717) is 5.56 Å². The molecular formula is C15H17N3O3S. The van der Waals surface area contributed by atoms with E-state index in [2.05, 4.69) is 9.71 Å². The summed E-state index contributed by atoms with van der Waals surface area (Å²) in [6.07, 6.45) is 3.21. The summed E-state index contributed by atoms with van der Waals surface area (Å²) in [5, 5.41) is 0. The second-order valence-corrected chi connectivity index (χ2v) is 6.68. The van der Waals surface area contributed by atoms with Crippen molar-refractivity contribution in [2.45, 2.75) is 24.8 Å². The predicted octanol–water partition coefficient (Wildman–Crippen LogP) is 1.53. The Balaban J connectivity index is 2.31. The van der Waals surface area contributed by atoms with Gasteiger partial charge in [-0.3, -0.25) is 9.78 Å². The molecule has 0 fully saturated rings. The standard InChI is InChI=1S/C15H17N3O3S/c1-10-5-6-13(8-14(10)15(16)19)22(20,21)18-11(2)12-4-3-7-17-9-12/h3-9,11,18H,1-2H3,(H2,16,19). The van der Waals surface area contributed by atoms with Gasteiger partial charge in [-0.15, -0.1) is 0 Å². The molecule has 22 heavy (non-hydrogen) atoms. The SMILES string of the molecule is Cc1ccc(S(=O)(=O)NC(C)c2cccnc2)cc1C(N)=O. The average molecular weight is 319 g/mol. The number of aryl methyl sites for hydroxylation is 1. The van der Waals surface area contributed by atoms with E-state index in [1.165, 1.54) is 12.1 Å². The van der Waals surface area contributed by atoms with Gasteiger partial charge in [0.2, 0.25) is 15.9 Å². The van der Waals surface area contributed by atoms with Crippen LogP contribution in [0, 0.1) is 6.92 Å². The van der Waals surface area contributed by atoms with Crippen molar-refractivity contribution in [1.82, 2.24) is 9.71 Å². The molecule has 1 aromatic heterocycles. The number of carbonyl (C=O) groups excluding carboxylic acids is 1. The minimum absolute atomic E-state index is 0.00244. The summed E-state index contributed by atoms with van der Waals surface area (Å²) in [7, 11) is -3.77. The van der Waals surface area contributed by atoms with Crippen molar-refractivity contribution in [3.05, 3.63) is 59.4 Å². The number of nitrogens with two attached hydrogens (primary N) is 1. The highest BCUT2D eigenvalue weighted by molar-refractivity contribution is 7.89. The third-order valence-electron chi connectivity index (χ3n) is 3.30. The molecule has 2 rings (SSSR count). The molecule has 1 amide bonds. The van der Waals surface area contributed by atoms with Crippen LogP contribution in [0.5, 0.6) is 0 Å². The maximum atomic E-state index is 12.4. The van der Waals surface area contributed by atoms with Gasteiger partial charge in [0.1, 0.15) is 0 Å². The lowest BCUT2D eigenvalue weighted by atomic mass is 10.1. The van der Waals surface area contributed by atoms with Gasteiger partial charge in [-0.05, 0) is 43.2 Å². The maximum absolute atomic E-state index is 12.4. The van der Waals surface area contributed by atoms with Crippen LogP contribution in [0.1, 0.15) is 34.5 Å². The number of hydrogen-bond acceptors (Lipinski definition) is 4. The normalized spacial score (nSPS) is 12.8. The van der Waals surface area contributed by atoms with Gasteiger partial charge in [-0.2, -0.15) is 0 Å². The number of aromatic nitrogens is 1. The Kier molecular flexibility index (Phi) is 4.58. The van der Waals surface area contributed by atoms with Crippen LogP contribution in [-0.4, -0.2) is 19.3 Å². The molecule has 0 radical (unpaired) electrons. The Morgan fingerprint density at radius 3 is 2.64 bits per heavy atom. The van der Waals surface area contributed by atoms with Crippen LogP contribution < -0.4 is 10.5 Å². The van der Waals surface area contributed by atoms with E-state index in [1.807, 2.05) is 0 Å².